The number of hydrogen-bond donors (Lipinski definition) is 2. The molecule has 2 rings (SSSR count). The van der Waals surface area contributed by atoms with Crippen molar-refractivity contribution < 1.29 is 0 Å². The predicted molar refractivity (Wildman–Crippen MR) is 85.2 cm³/mol. The molecule has 1 aromatic rings. The van der Waals surface area contributed by atoms with Crippen LogP contribution >= 0.6 is 11.8 Å². The largest absolute Gasteiger partial charge is 0.358 e. The van der Waals surface area contributed by atoms with Gasteiger partial charge < -0.3 is 10.3 Å². The van der Waals surface area contributed by atoms with Crippen LogP contribution in [0.15, 0.2) is 11.2 Å². The zero-order valence-corrected chi connectivity index (χ0v) is 13.3. The summed E-state index contributed by atoms with van der Waals surface area (Å²) < 4.78 is 0. The maximum absolute atomic E-state index is 5.47. The van der Waals surface area contributed by atoms with Gasteiger partial charge in [-0.3, -0.25) is 4.90 Å². The minimum Gasteiger partial charge on any atom is -0.358 e. The number of likely N-dealkylation sites (N-methyl/N-ethyl adjacent to an activating group) is 2. The molecule has 1 atom stereocenters. The van der Waals surface area contributed by atoms with Crippen LogP contribution in [0.25, 0.3) is 0 Å². The molecule has 1 aromatic heterocycles. The van der Waals surface area contributed by atoms with Gasteiger partial charge in [0.2, 0.25) is 0 Å². The lowest BCUT2D eigenvalue weighted by Crippen LogP contribution is -2.39. The summed E-state index contributed by atoms with van der Waals surface area (Å²) in [7, 11) is 2.08. The Morgan fingerprint density at radius 2 is 2.35 bits per heavy atom. The molecular formula is C13H24N6S. The summed E-state index contributed by atoms with van der Waals surface area (Å²) in [5, 5.41) is 0.737. The summed E-state index contributed by atoms with van der Waals surface area (Å²) in [6.45, 7) is 5.55. The molecule has 0 amide bonds. The molecule has 1 aliphatic heterocycles. The van der Waals surface area contributed by atoms with Crippen molar-refractivity contribution in [2.75, 3.05) is 43.3 Å². The third-order valence-electron chi connectivity index (χ3n) is 3.80. The second kappa shape index (κ2) is 7.10. The number of rotatable bonds is 6. The Balaban J connectivity index is 2.10. The van der Waals surface area contributed by atoms with Crippen LogP contribution < -0.4 is 16.2 Å². The Morgan fingerprint density at radius 1 is 1.55 bits per heavy atom. The Labute approximate surface area is 125 Å². The van der Waals surface area contributed by atoms with Crippen molar-refractivity contribution in [3.05, 3.63) is 6.07 Å². The number of nitrogens with two attached hydrogens (primary N) is 1. The fourth-order valence-corrected chi connectivity index (χ4v) is 3.08. The summed E-state index contributed by atoms with van der Waals surface area (Å²) in [6.07, 6.45) is 4.53. The molecule has 0 aromatic carbocycles. The highest BCUT2D eigenvalue weighted by atomic mass is 32.2. The lowest BCUT2D eigenvalue weighted by atomic mass is 10.2. The summed E-state index contributed by atoms with van der Waals surface area (Å²) in [5.74, 6) is 7.05. The number of hydrazine groups is 1. The molecule has 1 fully saturated rings. The smallest absolute Gasteiger partial charge is 0.191 e. The average molecular weight is 296 g/mol. The number of aromatic nitrogens is 2. The van der Waals surface area contributed by atoms with E-state index in [2.05, 4.69) is 39.2 Å². The van der Waals surface area contributed by atoms with Crippen molar-refractivity contribution in [3.8, 4) is 0 Å². The number of nitrogens with zero attached hydrogens (tertiary/aromatic N) is 4. The Bertz CT molecular complexity index is 419. The van der Waals surface area contributed by atoms with Crippen LogP contribution in [0.4, 0.5) is 11.6 Å². The third kappa shape index (κ3) is 3.53. The Kier molecular flexibility index (Phi) is 5.45. The van der Waals surface area contributed by atoms with E-state index < -0.39 is 0 Å². The van der Waals surface area contributed by atoms with E-state index in [-0.39, 0.29) is 0 Å². The van der Waals surface area contributed by atoms with Gasteiger partial charge in [0.05, 0.1) is 0 Å². The Morgan fingerprint density at radius 3 is 3.00 bits per heavy atom. The molecule has 112 valence electrons. The fraction of sp³-hybridized carbons (Fsp3) is 0.692. The van der Waals surface area contributed by atoms with Gasteiger partial charge in [-0.15, -0.1) is 0 Å². The van der Waals surface area contributed by atoms with Gasteiger partial charge in [0.15, 0.2) is 5.16 Å². The van der Waals surface area contributed by atoms with Gasteiger partial charge in [0.1, 0.15) is 11.6 Å². The molecule has 0 spiro atoms. The molecule has 0 bridgehead atoms. The van der Waals surface area contributed by atoms with Crippen LogP contribution in [-0.2, 0) is 0 Å². The molecule has 7 heteroatoms. The second-order valence-electron chi connectivity index (χ2n) is 5.05. The SMILES string of the molecule is CCN1CCCC1CN(C)c1cc(NN)nc(SC)n1. The van der Waals surface area contributed by atoms with E-state index in [4.69, 9.17) is 5.84 Å². The first-order valence-electron chi connectivity index (χ1n) is 7.02. The average Bonchev–Trinajstić information content (AvgIpc) is 2.93. The highest BCUT2D eigenvalue weighted by molar-refractivity contribution is 7.98. The first-order valence-corrected chi connectivity index (χ1v) is 8.25. The standard InChI is InChI=1S/C13H24N6S/c1-4-19-7-5-6-10(19)9-18(2)12-8-11(17-14)15-13(16-12)20-3/h8,10H,4-7,9,14H2,1-3H3,(H,15,16,17). The molecule has 0 aliphatic carbocycles. The van der Waals surface area contributed by atoms with Gasteiger partial charge in [-0.2, -0.15) is 0 Å². The highest BCUT2D eigenvalue weighted by Crippen LogP contribution is 2.22. The van der Waals surface area contributed by atoms with E-state index in [1.54, 1.807) is 0 Å². The van der Waals surface area contributed by atoms with Crippen LogP contribution in [0.5, 0.6) is 0 Å². The lowest BCUT2D eigenvalue weighted by Gasteiger charge is -2.28. The summed E-state index contributed by atoms with van der Waals surface area (Å²) in [4.78, 5) is 13.6. The van der Waals surface area contributed by atoms with E-state index >= 15 is 0 Å². The van der Waals surface area contributed by atoms with Gasteiger partial charge in [-0.05, 0) is 32.2 Å². The van der Waals surface area contributed by atoms with Crippen LogP contribution in [0, 0.1) is 0 Å². The summed E-state index contributed by atoms with van der Waals surface area (Å²) in [6, 6.07) is 2.51. The normalized spacial score (nSPS) is 19.3. The van der Waals surface area contributed by atoms with Crippen LogP contribution in [-0.4, -0.2) is 53.8 Å². The Hall–Kier alpha value is -1.05. The quantitative estimate of drug-likeness (QED) is 0.356. The topological polar surface area (TPSA) is 70.3 Å². The highest BCUT2D eigenvalue weighted by Gasteiger charge is 2.24. The number of likely N-dealkylation sites (tertiary alicyclic amines) is 1. The first kappa shape index (κ1) is 15.3. The van der Waals surface area contributed by atoms with Crippen molar-refractivity contribution in [1.29, 1.82) is 0 Å². The van der Waals surface area contributed by atoms with Gasteiger partial charge >= 0.3 is 0 Å². The predicted octanol–water partition coefficient (Wildman–Crippen LogP) is 1.40. The molecule has 0 saturated carbocycles. The number of nitrogen functional groups attached to an aromatic ring is 1. The van der Waals surface area contributed by atoms with Gasteiger partial charge in [-0.25, -0.2) is 15.8 Å². The van der Waals surface area contributed by atoms with Crippen molar-refractivity contribution in [2.24, 2.45) is 5.84 Å². The first-order chi connectivity index (χ1) is 9.67. The zero-order valence-electron chi connectivity index (χ0n) is 12.5. The molecule has 1 unspecified atom stereocenters. The van der Waals surface area contributed by atoms with E-state index in [0.29, 0.717) is 11.9 Å². The van der Waals surface area contributed by atoms with E-state index in [9.17, 15) is 0 Å². The molecule has 1 aliphatic rings. The van der Waals surface area contributed by atoms with Crippen molar-refractivity contribution in [2.45, 2.75) is 31.0 Å². The number of thioether (sulfide) groups is 1. The van der Waals surface area contributed by atoms with Crippen molar-refractivity contribution >= 4 is 23.4 Å². The second-order valence-corrected chi connectivity index (χ2v) is 5.82. The number of anilines is 2. The maximum Gasteiger partial charge on any atom is 0.191 e. The molecule has 6 nitrogen and oxygen atoms in total. The molecule has 2 heterocycles. The van der Waals surface area contributed by atoms with Gasteiger partial charge in [-0.1, -0.05) is 18.7 Å². The minimum absolute atomic E-state index is 0.618. The third-order valence-corrected chi connectivity index (χ3v) is 4.35. The fourth-order valence-electron chi connectivity index (χ4n) is 2.70. The van der Waals surface area contributed by atoms with E-state index in [1.165, 1.54) is 31.1 Å². The lowest BCUT2D eigenvalue weighted by molar-refractivity contribution is 0.270. The monoisotopic (exact) mass is 296 g/mol. The summed E-state index contributed by atoms with van der Waals surface area (Å²) >= 11 is 1.52. The van der Waals surface area contributed by atoms with Gasteiger partial charge in [0.25, 0.3) is 0 Å². The maximum atomic E-state index is 5.47. The van der Waals surface area contributed by atoms with Crippen LogP contribution in [0.2, 0.25) is 0 Å². The molecule has 20 heavy (non-hydrogen) atoms. The van der Waals surface area contributed by atoms with Crippen LogP contribution in [0.1, 0.15) is 19.8 Å². The molecule has 3 N–H and O–H groups in total. The van der Waals surface area contributed by atoms with Crippen molar-refractivity contribution in [1.82, 2.24) is 14.9 Å². The zero-order chi connectivity index (χ0) is 14.5. The molecule has 0 radical (unpaired) electrons. The number of nitrogens with one attached hydrogen (secondary N) is 1. The van der Waals surface area contributed by atoms with Crippen LogP contribution in [0.3, 0.4) is 0 Å². The van der Waals surface area contributed by atoms with E-state index in [1.807, 2.05) is 12.3 Å². The van der Waals surface area contributed by atoms with Crippen molar-refractivity contribution in [3.63, 3.8) is 0 Å². The minimum atomic E-state index is 0.618. The summed E-state index contributed by atoms with van der Waals surface area (Å²) in [5.41, 5.74) is 2.61. The van der Waals surface area contributed by atoms with E-state index in [0.717, 1.165) is 24.1 Å². The van der Waals surface area contributed by atoms with Gasteiger partial charge in [0, 0.05) is 25.7 Å². The number of hydrogen-bond acceptors (Lipinski definition) is 7. The molecular weight excluding hydrogens is 272 g/mol. The molecule has 1 saturated heterocycles.